The summed E-state index contributed by atoms with van der Waals surface area (Å²) in [5.74, 6) is -0.190. The van der Waals surface area contributed by atoms with Gasteiger partial charge in [-0.2, -0.15) is 5.10 Å². The van der Waals surface area contributed by atoms with Crippen LogP contribution in [0.3, 0.4) is 0 Å². The molecule has 1 unspecified atom stereocenters. The Bertz CT molecular complexity index is 1160. The largest absolute Gasteiger partial charge is 0.374 e. The minimum atomic E-state index is -0.411. The zero-order chi connectivity index (χ0) is 19.3. The van der Waals surface area contributed by atoms with E-state index < -0.39 is 6.04 Å². The molecule has 0 aliphatic rings. The summed E-state index contributed by atoms with van der Waals surface area (Å²) in [5, 5.41) is 11.9. The van der Waals surface area contributed by atoms with Crippen LogP contribution in [-0.2, 0) is 4.79 Å². The van der Waals surface area contributed by atoms with Gasteiger partial charge in [0.25, 0.3) is 5.91 Å². The lowest BCUT2D eigenvalue weighted by molar-refractivity contribution is -0.121. The summed E-state index contributed by atoms with van der Waals surface area (Å²) >= 11 is 0. The highest BCUT2D eigenvalue weighted by molar-refractivity contribution is 6.00. The third-order valence-electron chi connectivity index (χ3n) is 4.73. The maximum atomic E-state index is 12.4. The first-order valence-electron chi connectivity index (χ1n) is 9.27. The first kappa shape index (κ1) is 17.7. The van der Waals surface area contributed by atoms with E-state index in [2.05, 4.69) is 40.1 Å². The van der Waals surface area contributed by atoms with E-state index >= 15 is 0 Å². The lowest BCUT2D eigenvalue weighted by Crippen LogP contribution is -2.34. The van der Waals surface area contributed by atoms with Crippen LogP contribution in [0.2, 0.25) is 0 Å². The highest BCUT2D eigenvalue weighted by Gasteiger charge is 2.11. The zero-order valence-electron chi connectivity index (χ0n) is 15.6. The van der Waals surface area contributed by atoms with E-state index in [1.165, 1.54) is 5.39 Å². The van der Waals surface area contributed by atoms with Crippen molar-refractivity contribution in [2.45, 2.75) is 13.0 Å². The molecule has 4 heteroatoms. The van der Waals surface area contributed by atoms with Crippen molar-refractivity contribution in [2.75, 3.05) is 5.32 Å². The molecule has 0 spiro atoms. The second kappa shape index (κ2) is 7.92. The highest BCUT2D eigenvalue weighted by Crippen LogP contribution is 2.19. The van der Waals surface area contributed by atoms with E-state index in [1.807, 2.05) is 67.6 Å². The summed E-state index contributed by atoms with van der Waals surface area (Å²) in [7, 11) is 0. The number of rotatable bonds is 5. The highest BCUT2D eigenvalue weighted by atomic mass is 16.2. The molecule has 0 aromatic heterocycles. The third-order valence-corrected chi connectivity index (χ3v) is 4.73. The summed E-state index contributed by atoms with van der Waals surface area (Å²) in [4.78, 5) is 12.4. The minimum Gasteiger partial charge on any atom is -0.374 e. The fourth-order valence-electron chi connectivity index (χ4n) is 3.22. The number of fused-ring (bicyclic) bond motifs is 2. The summed E-state index contributed by atoms with van der Waals surface area (Å²) in [6, 6.07) is 27.9. The van der Waals surface area contributed by atoms with E-state index in [-0.39, 0.29) is 5.91 Å². The molecule has 1 amide bonds. The Morgan fingerprint density at radius 3 is 2.43 bits per heavy atom. The fraction of sp³-hybridized carbons (Fsp3) is 0.0833. The number of hydrazone groups is 1. The number of nitrogens with one attached hydrogen (secondary N) is 2. The van der Waals surface area contributed by atoms with Crippen molar-refractivity contribution in [2.24, 2.45) is 5.10 Å². The molecule has 0 bridgehead atoms. The van der Waals surface area contributed by atoms with Gasteiger partial charge in [0.1, 0.15) is 6.04 Å². The normalized spacial score (nSPS) is 12.3. The number of carbonyl (C=O) groups excluding carboxylic acids is 1. The third kappa shape index (κ3) is 3.86. The Labute approximate surface area is 163 Å². The molecule has 0 saturated heterocycles. The molecular weight excluding hydrogens is 346 g/mol. The van der Waals surface area contributed by atoms with Gasteiger partial charge in [-0.15, -0.1) is 0 Å². The van der Waals surface area contributed by atoms with Crippen LogP contribution in [0, 0.1) is 0 Å². The van der Waals surface area contributed by atoms with Crippen molar-refractivity contribution in [1.82, 2.24) is 5.43 Å². The smallest absolute Gasteiger partial charge is 0.262 e. The maximum Gasteiger partial charge on any atom is 0.262 e. The Balaban J connectivity index is 1.41. The predicted molar refractivity (Wildman–Crippen MR) is 117 cm³/mol. The molecule has 4 rings (SSSR count). The van der Waals surface area contributed by atoms with Crippen molar-refractivity contribution < 1.29 is 4.79 Å². The van der Waals surface area contributed by atoms with Gasteiger partial charge in [0, 0.05) is 11.3 Å². The molecule has 1 atom stereocenters. The van der Waals surface area contributed by atoms with E-state index in [0.29, 0.717) is 0 Å². The van der Waals surface area contributed by atoms with Crippen LogP contribution < -0.4 is 10.7 Å². The Kier molecular flexibility index (Phi) is 5.02. The van der Waals surface area contributed by atoms with Crippen LogP contribution in [0.1, 0.15) is 12.5 Å². The van der Waals surface area contributed by atoms with Crippen LogP contribution in [0.15, 0.2) is 90.0 Å². The molecular formula is C24H21N3O. The Morgan fingerprint density at radius 1 is 0.857 bits per heavy atom. The lowest BCUT2D eigenvalue weighted by Gasteiger charge is -2.14. The number of benzene rings is 4. The van der Waals surface area contributed by atoms with Crippen LogP contribution in [-0.4, -0.2) is 18.2 Å². The SMILES string of the molecule is CC(Nc1ccc2ccccc2c1)C(=O)NN=Cc1cccc2ccccc12. The quantitative estimate of drug-likeness (QED) is 0.388. The first-order chi connectivity index (χ1) is 13.7. The summed E-state index contributed by atoms with van der Waals surface area (Å²) in [6.45, 7) is 1.82. The molecule has 4 aromatic carbocycles. The predicted octanol–water partition coefficient (Wildman–Crippen LogP) is 4.94. The second-order valence-electron chi connectivity index (χ2n) is 6.73. The van der Waals surface area contributed by atoms with E-state index in [9.17, 15) is 4.79 Å². The van der Waals surface area contributed by atoms with Crippen molar-refractivity contribution in [3.05, 3.63) is 90.5 Å². The average Bonchev–Trinajstić information content (AvgIpc) is 2.73. The summed E-state index contributed by atoms with van der Waals surface area (Å²) < 4.78 is 0. The molecule has 4 aromatic rings. The van der Waals surface area contributed by atoms with Gasteiger partial charge in [-0.3, -0.25) is 4.79 Å². The first-order valence-corrected chi connectivity index (χ1v) is 9.27. The molecule has 0 saturated carbocycles. The van der Waals surface area contributed by atoms with Crippen LogP contribution >= 0.6 is 0 Å². The second-order valence-corrected chi connectivity index (χ2v) is 6.73. The van der Waals surface area contributed by atoms with Crippen LogP contribution in [0.4, 0.5) is 5.69 Å². The van der Waals surface area contributed by atoms with Gasteiger partial charge >= 0.3 is 0 Å². The number of carbonyl (C=O) groups is 1. The molecule has 0 radical (unpaired) electrons. The molecule has 28 heavy (non-hydrogen) atoms. The van der Waals surface area contributed by atoms with E-state index in [4.69, 9.17) is 0 Å². The summed E-state index contributed by atoms with van der Waals surface area (Å²) in [6.07, 6.45) is 1.68. The van der Waals surface area contributed by atoms with Crippen LogP contribution in [0.5, 0.6) is 0 Å². The van der Waals surface area contributed by atoms with E-state index in [1.54, 1.807) is 6.21 Å². The molecule has 2 N–H and O–H groups in total. The van der Waals surface area contributed by atoms with Crippen molar-refractivity contribution in [3.8, 4) is 0 Å². The molecule has 0 aliphatic carbocycles. The standard InChI is InChI=1S/C24H21N3O/c1-17(26-22-14-13-18-7-2-3-9-20(18)15-22)24(28)27-25-16-21-11-6-10-19-8-4-5-12-23(19)21/h2-17,26H,1H3,(H,27,28). The zero-order valence-corrected chi connectivity index (χ0v) is 15.6. The molecule has 138 valence electrons. The maximum absolute atomic E-state index is 12.4. The van der Waals surface area contributed by atoms with E-state index in [0.717, 1.165) is 27.4 Å². The average molecular weight is 367 g/mol. The number of hydrogen-bond acceptors (Lipinski definition) is 3. The fourth-order valence-corrected chi connectivity index (χ4v) is 3.22. The lowest BCUT2D eigenvalue weighted by atomic mass is 10.1. The van der Waals surface area contributed by atoms with Gasteiger partial charge < -0.3 is 5.32 Å². The van der Waals surface area contributed by atoms with Gasteiger partial charge in [0.05, 0.1) is 6.21 Å². The Morgan fingerprint density at radius 2 is 1.57 bits per heavy atom. The molecule has 0 fully saturated rings. The molecule has 0 heterocycles. The number of hydrogen-bond donors (Lipinski definition) is 2. The van der Waals surface area contributed by atoms with Crippen molar-refractivity contribution in [1.29, 1.82) is 0 Å². The van der Waals surface area contributed by atoms with Gasteiger partial charge in [-0.05, 0) is 40.6 Å². The van der Waals surface area contributed by atoms with Crippen molar-refractivity contribution >= 4 is 39.4 Å². The van der Waals surface area contributed by atoms with Gasteiger partial charge in [0.2, 0.25) is 0 Å². The van der Waals surface area contributed by atoms with Gasteiger partial charge in [-0.25, -0.2) is 5.43 Å². The topological polar surface area (TPSA) is 53.5 Å². The summed E-state index contributed by atoms with van der Waals surface area (Å²) in [5.41, 5.74) is 4.49. The van der Waals surface area contributed by atoms with Crippen molar-refractivity contribution in [3.63, 3.8) is 0 Å². The van der Waals surface area contributed by atoms with Crippen LogP contribution in [0.25, 0.3) is 21.5 Å². The number of anilines is 1. The monoisotopic (exact) mass is 367 g/mol. The Hall–Kier alpha value is -3.66. The minimum absolute atomic E-state index is 0.190. The molecule has 0 aliphatic heterocycles. The molecule has 4 nitrogen and oxygen atoms in total. The number of amides is 1. The van der Waals surface area contributed by atoms with Gasteiger partial charge in [0.15, 0.2) is 0 Å². The number of nitrogens with zero attached hydrogens (tertiary/aromatic N) is 1. The van der Waals surface area contributed by atoms with Gasteiger partial charge in [-0.1, -0.05) is 72.8 Å².